The molecule has 0 fully saturated rings. The Morgan fingerprint density at radius 3 is 1.75 bits per heavy atom. The Bertz CT molecular complexity index is 3460. The molecule has 4 heterocycles. The molecule has 5 nitrogen and oxygen atoms in total. The number of nitrogens with zero attached hydrogens (tertiary/aromatic N) is 4. The van der Waals surface area contributed by atoms with E-state index in [0.29, 0.717) is 11.5 Å². The molecule has 12 rings (SSSR count). The summed E-state index contributed by atoms with van der Waals surface area (Å²) in [6.07, 6.45) is 0. The molecular weight excluding hydrogens is 649 g/mol. The van der Waals surface area contributed by atoms with Gasteiger partial charge in [-0.05, 0) is 58.6 Å². The van der Waals surface area contributed by atoms with Crippen molar-refractivity contribution in [2.45, 2.75) is 0 Å². The van der Waals surface area contributed by atoms with Crippen LogP contribution in [0.15, 0.2) is 174 Å². The van der Waals surface area contributed by atoms with Crippen LogP contribution in [0.4, 0.5) is 0 Å². The lowest BCUT2D eigenvalue weighted by molar-refractivity contribution is 0.666. The van der Waals surface area contributed by atoms with Crippen molar-refractivity contribution in [2.75, 3.05) is 0 Å². The van der Waals surface area contributed by atoms with Crippen molar-refractivity contribution in [3.8, 4) is 22.9 Å². The van der Waals surface area contributed by atoms with Crippen LogP contribution in [-0.2, 0) is 0 Å². The van der Waals surface area contributed by atoms with Gasteiger partial charge in [0, 0.05) is 37.9 Å². The highest BCUT2D eigenvalue weighted by Gasteiger charge is 2.23. The van der Waals surface area contributed by atoms with Gasteiger partial charge in [0.2, 0.25) is 5.95 Å². The van der Waals surface area contributed by atoms with E-state index in [4.69, 9.17) is 14.4 Å². The number of benzene rings is 8. The maximum absolute atomic E-state index is 6.47. The molecule has 0 aliphatic rings. The van der Waals surface area contributed by atoms with Crippen LogP contribution in [0.3, 0.4) is 0 Å². The average molecular weight is 677 g/mol. The lowest BCUT2D eigenvalue weighted by atomic mass is 10.00. The fourth-order valence-electron chi connectivity index (χ4n) is 8.60. The lowest BCUT2D eigenvalue weighted by Gasteiger charge is -2.14. The summed E-state index contributed by atoms with van der Waals surface area (Å²) in [5.41, 5.74) is 9.57. The van der Waals surface area contributed by atoms with Crippen molar-refractivity contribution in [2.24, 2.45) is 0 Å². The molecule has 0 amide bonds. The summed E-state index contributed by atoms with van der Waals surface area (Å²) in [6, 6.07) is 60.2. The third kappa shape index (κ3) is 3.96. The number of hydrogen-bond donors (Lipinski definition) is 0. The molecule has 0 atom stereocenters. The third-order valence-electron chi connectivity index (χ3n) is 10.9. The second kappa shape index (κ2) is 10.6. The maximum atomic E-state index is 6.47. The molecule has 0 aliphatic carbocycles. The molecule has 12 aromatic rings. The number of para-hydroxylation sites is 3. The van der Waals surface area contributed by atoms with Gasteiger partial charge >= 0.3 is 0 Å². The largest absolute Gasteiger partial charge is 0.452 e. The average Bonchev–Trinajstić information content (AvgIpc) is 3.87. The molecule has 53 heavy (non-hydrogen) atoms. The maximum Gasteiger partial charge on any atom is 0.236 e. The summed E-state index contributed by atoms with van der Waals surface area (Å²) < 4.78 is 11.2. The van der Waals surface area contributed by atoms with Crippen molar-refractivity contribution in [1.29, 1.82) is 0 Å². The van der Waals surface area contributed by atoms with Crippen LogP contribution in [0.25, 0.3) is 110 Å². The van der Waals surface area contributed by atoms with Crippen LogP contribution in [0.5, 0.6) is 0 Å². The highest BCUT2D eigenvalue weighted by atomic mass is 16.3. The Morgan fingerprint density at radius 2 is 0.981 bits per heavy atom. The van der Waals surface area contributed by atoms with Crippen LogP contribution < -0.4 is 0 Å². The first-order chi connectivity index (χ1) is 26.3. The molecule has 0 saturated heterocycles. The monoisotopic (exact) mass is 676 g/mol. The molecule has 0 radical (unpaired) electrons. The first-order valence-electron chi connectivity index (χ1n) is 17.9. The van der Waals surface area contributed by atoms with E-state index in [1.165, 1.54) is 37.8 Å². The van der Waals surface area contributed by atoms with E-state index >= 15 is 0 Å². The van der Waals surface area contributed by atoms with Crippen molar-refractivity contribution in [3.63, 3.8) is 0 Å². The first kappa shape index (κ1) is 28.5. The van der Waals surface area contributed by atoms with Crippen molar-refractivity contribution >= 4 is 87.2 Å². The fraction of sp³-hybridized carbons (Fsp3) is 0. The van der Waals surface area contributed by atoms with E-state index in [1.54, 1.807) is 0 Å². The van der Waals surface area contributed by atoms with Crippen LogP contribution in [-0.4, -0.2) is 19.1 Å². The molecule has 0 saturated carbocycles. The van der Waals surface area contributed by atoms with E-state index in [1.807, 2.05) is 36.4 Å². The number of furan rings is 1. The van der Waals surface area contributed by atoms with Crippen LogP contribution in [0, 0.1) is 0 Å². The van der Waals surface area contributed by atoms with Crippen molar-refractivity contribution < 1.29 is 4.42 Å². The second-order valence-corrected chi connectivity index (χ2v) is 13.8. The van der Waals surface area contributed by atoms with Crippen LogP contribution in [0.1, 0.15) is 0 Å². The zero-order chi connectivity index (χ0) is 34.6. The quantitative estimate of drug-likeness (QED) is 0.175. The van der Waals surface area contributed by atoms with Crippen LogP contribution >= 0.6 is 0 Å². The van der Waals surface area contributed by atoms with Crippen molar-refractivity contribution in [3.05, 3.63) is 170 Å². The number of hydrogen-bond acceptors (Lipinski definition) is 3. The molecule has 0 bridgehead atoms. The Morgan fingerprint density at radius 1 is 0.396 bits per heavy atom. The van der Waals surface area contributed by atoms with Gasteiger partial charge in [-0.3, -0.25) is 4.57 Å². The zero-order valence-electron chi connectivity index (χ0n) is 28.4. The van der Waals surface area contributed by atoms with Gasteiger partial charge in [0.15, 0.2) is 5.58 Å². The molecule has 246 valence electrons. The molecule has 4 aromatic heterocycles. The van der Waals surface area contributed by atoms with Gasteiger partial charge in [0.1, 0.15) is 16.8 Å². The summed E-state index contributed by atoms with van der Waals surface area (Å²) in [7, 11) is 0. The van der Waals surface area contributed by atoms with Gasteiger partial charge in [-0.25, -0.2) is 9.97 Å². The Kier molecular flexibility index (Phi) is 5.71. The summed E-state index contributed by atoms with van der Waals surface area (Å²) in [5, 5.41) is 10.6. The van der Waals surface area contributed by atoms with Crippen LogP contribution in [0.2, 0.25) is 0 Å². The molecule has 0 aliphatic heterocycles. The second-order valence-electron chi connectivity index (χ2n) is 13.8. The standard InChI is InChI=1S/C48H28N4O/c1-2-14-29(15-3-1)45-47-46(36-22-10-13-25-44(36)53-47)50-48(49-45)52-40-24-12-9-21-35(40)38-27-37-34-20-8-11-23-39(34)51(42(37)28-43(38)52)41-26-30-16-4-5-17-31(30)32-18-6-7-19-33(32)41/h1-28H. The summed E-state index contributed by atoms with van der Waals surface area (Å²) in [5.74, 6) is 0.604. The first-order valence-corrected chi connectivity index (χ1v) is 17.9. The van der Waals surface area contributed by atoms with Crippen molar-refractivity contribution in [1.82, 2.24) is 19.1 Å². The fourth-order valence-corrected chi connectivity index (χ4v) is 8.60. The topological polar surface area (TPSA) is 48.8 Å². The van der Waals surface area contributed by atoms with Gasteiger partial charge in [-0.2, -0.15) is 0 Å². The minimum Gasteiger partial charge on any atom is -0.452 e. The molecule has 0 N–H and O–H groups in total. The molecule has 5 heteroatoms. The number of fused-ring (bicyclic) bond motifs is 12. The summed E-state index contributed by atoms with van der Waals surface area (Å²) in [4.78, 5) is 10.7. The van der Waals surface area contributed by atoms with Gasteiger partial charge in [0.05, 0.1) is 27.8 Å². The van der Waals surface area contributed by atoms with E-state index in [-0.39, 0.29) is 0 Å². The van der Waals surface area contributed by atoms with E-state index in [2.05, 4.69) is 143 Å². The Hall–Kier alpha value is -7.24. The minimum atomic E-state index is 0.604. The van der Waals surface area contributed by atoms with Gasteiger partial charge in [-0.15, -0.1) is 0 Å². The molecule has 8 aromatic carbocycles. The van der Waals surface area contributed by atoms with Gasteiger partial charge in [-0.1, -0.05) is 127 Å². The van der Waals surface area contributed by atoms with Gasteiger partial charge in [0.25, 0.3) is 0 Å². The van der Waals surface area contributed by atoms with E-state index < -0.39 is 0 Å². The highest BCUT2D eigenvalue weighted by molar-refractivity contribution is 6.20. The minimum absolute atomic E-state index is 0.604. The zero-order valence-corrected chi connectivity index (χ0v) is 28.4. The van der Waals surface area contributed by atoms with Gasteiger partial charge < -0.3 is 8.98 Å². The smallest absolute Gasteiger partial charge is 0.236 e. The Labute approximate surface area is 302 Å². The summed E-state index contributed by atoms with van der Waals surface area (Å²) in [6.45, 7) is 0. The normalized spacial score (nSPS) is 12.2. The predicted molar refractivity (Wildman–Crippen MR) is 218 cm³/mol. The Balaban J connectivity index is 1.24. The lowest BCUT2D eigenvalue weighted by Crippen LogP contribution is -2.03. The SMILES string of the molecule is c1ccc(-c2nc(-n3c4ccccc4c4cc5c6ccccc6n(-c6cc7ccccc7c7ccccc67)c5cc43)nc3c2oc2ccccc23)cc1. The third-order valence-corrected chi connectivity index (χ3v) is 10.9. The number of rotatable bonds is 3. The number of aromatic nitrogens is 4. The van der Waals surface area contributed by atoms with E-state index in [0.717, 1.165) is 60.8 Å². The summed E-state index contributed by atoms with van der Waals surface area (Å²) >= 11 is 0. The van der Waals surface area contributed by atoms with E-state index in [9.17, 15) is 0 Å². The predicted octanol–water partition coefficient (Wildman–Crippen LogP) is 12.5. The molecule has 0 unspecified atom stereocenters. The highest BCUT2D eigenvalue weighted by Crippen LogP contribution is 2.42. The molecule has 0 spiro atoms. The molecular formula is C48H28N4O.